The Morgan fingerprint density at radius 3 is 2.44 bits per heavy atom. The summed E-state index contributed by atoms with van der Waals surface area (Å²) in [5.41, 5.74) is 7.07. The van der Waals surface area contributed by atoms with E-state index >= 15 is 0 Å². The molecule has 0 fully saturated rings. The predicted octanol–water partition coefficient (Wildman–Crippen LogP) is 2.93. The Balaban J connectivity index is 2.80. The Kier molecular flexibility index (Phi) is 9.54. The number of unbranched alkanes of at least 4 members (excludes halogenated alkanes) is 1. The van der Waals surface area contributed by atoms with Crippen molar-refractivity contribution in [3.8, 4) is 5.75 Å². The fraction of sp³-hybridized carbons (Fsp3) is 0.444. The molecule has 3 N–H and O–H groups in total. The fourth-order valence-electron chi connectivity index (χ4n) is 1.91. The highest BCUT2D eigenvalue weighted by Crippen LogP contribution is 2.22. The Morgan fingerprint density at radius 1 is 1.20 bits per heavy atom. The first-order chi connectivity index (χ1) is 12.0. The number of ether oxygens (including phenoxy) is 2. The molecular formula is C18H26N2O4S. The minimum Gasteiger partial charge on any atom is -0.497 e. The zero-order chi connectivity index (χ0) is 18.7. The first-order valence-corrected chi connectivity index (χ1v) is 9.22. The maximum absolute atomic E-state index is 12.1. The summed E-state index contributed by atoms with van der Waals surface area (Å²) < 4.78 is 10.1. The second-order valence-corrected chi connectivity index (χ2v) is 6.27. The van der Waals surface area contributed by atoms with Gasteiger partial charge in [-0.05, 0) is 31.0 Å². The molecule has 0 aliphatic heterocycles. The third-order valence-electron chi connectivity index (χ3n) is 3.30. The SMILES string of the molecule is CCCCC(=O)NC(C(=O)OCC)=C(N)SCc1ccc(OC)cc1. The molecule has 1 amide bonds. The number of thioether (sulfide) groups is 1. The molecule has 0 unspecified atom stereocenters. The van der Waals surface area contributed by atoms with Crippen LogP contribution in [0, 0.1) is 0 Å². The van der Waals surface area contributed by atoms with Crippen molar-refractivity contribution in [1.29, 1.82) is 0 Å². The van der Waals surface area contributed by atoms with Gasteiger partial charge in [0, 0.05) is 12.2 Å². The van der Waals surface area contributed by atoms with Gasteiger partial charge in [0.05, 0.1) is 18.7 Å². The van der Waals surface area contributed by atoms with Crippen LogP contribution < -0.4 is 15.8 Å². The number of benzene rings is 1. The lowest BCUT2D eigenvalue weighted by Gasteiger charge is -2.12. The molecule has 1 aromatic rings. The largest absolute Gasteiger partial charge is 0.497 e. The topological polar surface area (TPSA) is 90.7 Å². The Hall–Kier alpha value is -2.15. The molecule has 0 aliphatic carbocycles. The maximum atomic E-state index is 12.1. The standard InChI is InChI=1S/C18H26N2O4S/c1-4-6-7-15(21)20-16(18(22)24-5-2)17(19)25-12-13-8-10-14(23-3)11-9-13/h8-11H,4-7,12,19H2,1-3H3,(H,20,21). The van der Waals surface area contributed by atoms with E-state index in [0.717, 1.165) is 24.2 Å². The molecule has 0 atom stereocenters. The summed E-state index contributed by atoms with van der Waals surface area (Å²) in [5.74, 6) is 0.474. The molecule has 138 valence electrons. The highest BCUT2D eigenvalue weighted by Gasteiger charge is 2.18. The molecule has 1 aromatic carbocycles. The number of esters is 1. The normalized spacial score (nSPS) is 11.5. The number of hydrogen-bond acceptors (Lipinski definition) is 6. The van der Waals surface area contributed by atoms with Crippen LogP contribution in [-0.2, 0) is 20.1 Å². The van der Waals surface area contributed by atoms with Gasteiger partial charge in [-0.1, -0.05) is 25.5 Å². The van der Waals surface area contributed by atoms with E-state index in [1.807, 2.05) is 31.2 Å². The second-order valence-electron chi connectivity index (χ2n) is 5.25. The van der Waals surface area contributed by atoms with E-state index in [0.29, 0.717) is 12.2 Å². The highest BCUT2D eigenvalue weighted by molar-refractivity contribution is 8.02. The summed E-state index contributed by atoms with van der Waals surface area (Å²) in [4.78, 5) is 24.0. The molecule has 0 aromatic heterocycles. The lowest BCUT2D eigenvalue weighted by atomic mass is 10.2. The maximum Gasteiger partial charge on any atom is 0.357 e. The van der Waals surface area contributed by atoms with Gasteiger partial charge < -0.3 is 20.5 Å². The van der Waals surface area contributed by atoms with Crippen molar-refractivity contribution in [1.82, 2.24) is 5.32 Å². The summed E-state index contributed by atoms with van der Waals surface area (Å²) in [6, 6.07) is 7.55. The van der Waals surface area contributed by atoms with Gasteiger partial charge in [-0.3, -0.25) is 4.79 Å². The average molecular weight is 366 g/mol. The van der Waals surface area contributed by atoms with Gasteiger partial charge in [-0.25, -0.2) is 4.79 Å². The van der Waals surface area contributed by atoms with Gasteiger partial charge in [0.15, 0.2) is 5.70 Å². The number of methoxy groups -OCH3 is 1. The van der Waals surface area contributed by atoms with Crippen LogP contribution in [0.5, 0.6) is 5.75 Å². The van der Waals surface area contributed by atoms with Gasteiger partial charge >= 0.3 is 5.97 Å². The smallest absolute Gasteiger partial charge is 0.357 e. The quantitative estimate of drug-likeness (QED) is 0.489. The number of carbonyl (C=O) groups excluding carboxylic acids is 2. The predicted molar refractivity (Wildman–Crippen MR) is 99.8 cm³/mol. The Bertz CT molecular complexity index is 600. The first kappa shape index (κ1) is 20.9. The second kappa shape index (κ2) is 11.4. The molecule has 0 radical (unpaired) electrons. The molecule has 1 rings (SSSR count). The zero-order valence-corrected chi connectivity index (χ0v) is 15.8. The first-order valence-electron chi connectivity index (χ1n) is 8.24. The van der Waals surface area contributed by atoms with Gasteiger partial charge in [0.2, 0.25) is 5.91 Å². The summed E-state index contributed by atoms with van der Waals surface area (Å²) in [6.45, 7) is 3.91. The number of carbonyl (C=O) groups is 2. The van der Waals surface area contributed by atoms with E-state index in [-0.39, 0.29) is 23.2 Å². The molecule has 0 saturated carbocycles. The lowest BCUT2D eigenvalue weighted by Crippen LogP contribution is -2.31. The summed E-state index contributed by atoms with van der Waals surface area (Å²) in [5, 5.41) is 2.83. The van der Waals surface area contributed by atoms with Gasteiger partial charge in [0.25, 0.3) is 0 Å². The van der Waals surface area contributed by atoms with E-state index in [1.165, 1.54) is 11.8 Å². The van der Waals surface area contributed by atoms with E-state index in [1.54, 1.807) is 14.0 Å². The molecule has 6 nitrogen and oxygen atoms in total. The van der Waals surface area contributed by atoms with Crippen LogP contribution in [-0.4, -0.2) is 25.6 Å². The molecule has 0 saturated heterocycles. The summed E-state index contributed by atoms with van der Waals surface area (Å²) in [7, 11) is 1.61. The fourth-order valence-corrected chi connectivity index (χ4v) is 2.70. The third-order valence-corrected chi connectivity index (χ3v) is 4.29. The van der Waals surface area contributed by atoms with E-state index < -0.39 is 5.97 Å². The molecule has 0 bridgehead atoms. The van der Waals surface area contributed by atoms with Crippen molar-refractivity contribution in [2.24, 2.45) is 5.73 Å². The molecule has 0 heterocycles. The molecular weight excluding hydrogens is 340 g/mol. The summed E-state index contributed by atoms with van der Waals surface area (Å²) >= 11 is 1.27. The minimum absolute atomic E-state index is 0.0152. The lowest BCUT2D eigenvalue weighted by molar-refractivity contribution is -0.140. The van der Waals surface area contributed by atoms with Crippen LogP contribution >= 0.6 is 11.8 Å². The average Bonchev–Trinajstić information content (AvgIpc) is 2.63. The van der Waals surface area contributed by atoms with Gasteiger partial charge in [-0.2, -0.15) is 0 Å². The number of nitrogens with one attached hydrogen (secondary N) is 1. The van der Waals surface area contributed by atoms with Crippen LogP contribution in [0.3, 0.4) is 0 Å². The van der Waals surface area contributed by atoms with Crippen molar-refractivity contribution in [3.63, 3.8) is 0 Å². The van der Waals surface area contributed by atoms with E-state index in [9.17, 15) is 9.59 Å². The van der Waals surface area contributed by atoms with Crippen LogP contribution in [0.4, 0.5) is 0 Å². The van der Waals surface area contributed by atoms with Crippen molar-refractivity contribution in [2.75, 3.05) is 13.7 Å². The molecule has 7 heteroatoms. The number of amides is 1. The Morgan fingerprint density at radius 2 is 1.88 bits per heavy atom. The summed E-state index contributed by atoms with van der Waals surface area (Å²) in [6.07, 6.45) is 1.99. The van der Waals surface area contributed by atoms with Crippen LogP contribution in [0.2, 0.25) is 0 Å². The van der Waals surface area contributed by atoms with E-state index in [4.69, 9.17) is 15.2 Å². The molecule has 0 spiro atoms. The van der Waals surface area contributed by atoms with Gasteiger partial charge in [-0.15, -0.1) is 11.8 Å². The Labute approximate surface area is 153 Å². The highest BCUT2D eigenvalue weighted by atomic mass is 32.2. The van der Waals surface area contributed by atoms with Gasteiger partial charge in [0.1, 0.15) is 5.75 Å². The minimum atomic E-state index is -0.618. The van der Waals surface area contributed by atoms with Crippen molar-refractivity contribution >= 4 is 23.6 Å². The molecule has 0 aliphatic rings. The van der Waals surface area contributed by atoms with Crippen LogP contribution in [0.25, 0.3) is 0 Å². The number of rotatable bonds is 10. The van der Waals surface area contributed by atoms with Crippen LogP contribution in [0.15, 0.2) is 35.0 Å². The number of nitrogens with two attached hydrogens (primary N) is 1. The third kappa shape index (κ3) is 7.51. The number of hydrogen-bond donors (Lipinski definition) is 2. The van der Waals surface area contributed by atoms with Crippen molar-refractivity contribution in [3.05, 3.63) is 40.6 Å². The molecule has 25 heavy (non-hydrogen) atoms. The van der Waals surface area contributed by atoms with E-state index in [2.05, 4.69) is 5.32 Å². The van der Waals surface area contributed by atoms with Crippen molar-refractivity contribution < 1.29 is 19.1 Å². The van der Waals surface area contributed by atoms with Crippen molar-refractivity contribution in [2.45, 2.75) is 38.9 Å². The van der Waals surface area contributed by atoms with Crippen LogP contribution in [0.1, 0.15) is 38.7 Å². The zero-order valence-electron chi connectivity index (χ0n) is 15.0. The monoisotopic (exact) mass is 366 g/mol.